The number of nitrogens with one attached hydrogen (secondary N) is 1. The molecule has 3 heterocycles. The van der Waals surface area contributed by atoms with Gasteiger partial charge in [0.25, 0.3) is 5.91 Å². The van der Waals surface area contributed by atoms with Gasteiger partial charge in [0, 0.05) is 57.9 Å². The van der Waals surface area contributed by atoms with Gasteiger partial charge in [0.05, 0.1) is 32.0 Å². The molecule has 2 N–H and O–H groups in total. The Morgan fingerprint density at radius 1 is 0.936 bits per heavy atom. The smallest absolute Gasteiger partial charge is 0.303 e. The van der Waals surface area contributed by atoms with Crippen molar-refractivity contribution in [3.63, 3.8) is 0 Å². The van der Waals surface area contributed by atoms with Crippen LogP contribution in [0.1, 0.15) is 67.8 Å². The first-order chi connectivity index (χ1) is 22.8. The molecule has 250 valence electrons. The second-order valence-electron chi connectivity index (χ2n) is 12.6. The Kier molecular flexibility index (Phi) is 10.7. The molecule has 1 spiro atoms. The number of hydrogen-bond acceptors (Lipinski definition) is 9. The van der Waals surface area contributed by atoms with Crippen LogP contribution < -0.4 is 5.32 Å². The average Bonchev–Trinajstić information content (AvgIpc) is 3.56. The van der Waals surface area contributed by atoms with Crippen LogP contribution in [-0.4, -0.2) is 72.7 Å². The van der Waals surface area contributed by atoms with Crippen molar-refractivity contribution in [3.8, 4) is 11.1 Å². The second-order valence-corrected chi connectivity index (χ2v) is 12.6. The number of nitrogens with zero attached hydrogens (tertiary/aromatic N) is 1. The van der Waals surface area contributed by atoms with Crippen LogP contribution in [0.5, 0.6) is 0 Å². The summed E-state index contributed by atoms with van der Waals surface area (Å²) in [5.41, 5.74) is 5.84. The lowest BCUT2D eigenvalue weighted by Crippen LogP contribution is -2.48. The van der Waals surface area contributed by atoms with Crippen LogP contribution in [0.3, 0.4) is 0 Å². The number of piperidine rings is 1. The minimum Gasteiger partial charge on any atom is -0.453 e. The van der Waals surface area contributed by atoms with Crippen LogP contribution in [0, 0.1) is 0 Å². The molecule has 47 heavy (non-hydrogen) atoms. The van der Waals surface area contributed by atoms with Crippen molar-refractivity contribution >= 4 is 11.9 Å². The summed E-state index contributed by atoms with van der Waals surface area (Å²) in [5.74, 6) is -1.25. The quantitative estimate of drug-likeness (QED) is 0.301. The summed E-state index contributed by atoms with van der Waals surface area (Å²) in [6.07, 6.45) is 0.862. The van der Waals surface area contributed by atoms with Crippen LogP contribution in [0.2, 0.25) is 0 Å². The lowest BCUT2D eigenvalue weighted by atomic mass is 9.98. The number of benzene rings is 3. The Labute approximate surface area is 275 Å². The molecule has 3 aromatic rings. The minimum atomic E-state index is -0.848. The molecule has 0 aliphatic carbocycles. The van der Waals surface area contributed by atoms with Gasteiger partial charge in [-0.2, -0.15) is 0 Å². The zero-order valence-electron chi connectivity index (χ0n) is 27.1. The van der Waals surface area contributed by atoms with E-state index in [-0.39, 0.29) is 24.7 Å². The molecule has 3 aromatic carbocycles. The van der Waals surface area contributed by atoms with E-state index in [1.165, 1.54) is 6.92 Å². The van der Waals surface area contributed by atoms with Crippen molar-refractivity contribution in [2.24, 2.45) is 0 Å². The summed E-state index contributed by atoms with van der Waals surface area (Å²) in [7, 11) is 0. The first-order valence-electron chi connectivity index (χ1n) is 16.4. The Balaban J connectivity index is 1.13. The monoisotopic (exact) mass is 644 g/mol. The molecule has 10 nitrogen and oxygen atoms in total. The summed E-state index contributed by atoms with van der Waals surface area (Å²) in [4.78, 5) is 25.9. The van der Waals surface area contributed by atoms with Gasteiger partial charge in [0.1, 0.15) is 0 Å². The van der Waals surface area contributed by atoms with E-state index < -0.39 is 24.2 Å². The molecule has 4 unspecified atom stereocenters. The summed E-state index contributed by atoms with van der Waals surface area (Å²) >= 11 is 0. The normalized spacial score (nSPS) is 23.3. The molecule has 0 saturated carbocycles. The molecule has 0 bridgehead atoms. The lowest BCUT2D eigenvalue weighted by Gasteiger charge is -2.41. The van der Waals surface area contributed by atoms with Gasteiger partial charge < -0.3 is 39.0 Å². The summed E-state index contributed by atoms with van der Waals surface area (Å²) < 4.78 is 30.0. The van der Waals surface area contributed by atoms with Gasteiger partial charge in [-0.3, -0.25) is 9.59 Å². The van der Waals surface area contributed by atoms with E-state index in [2.05, 4.69) is 22.3 Å². The number of carbonyl (C=O) groups excluding carboxylic acids is 2. The molecule has 0 aromatic heterocycles. The topological polar surface area (TPSA) is 116 Å². The average molecular weight is 645 g/mol. The van der Waals surface area contributed by atoms with Gasteiger partial charge in [-0.25, -0.2) is 0 Å². The van der Waals surface area contributed by atoms with E-state index in [4.69, 9.17) is 23.7 Å². The van der Waals surface area contributed by atoms with Crippen molar-refractivity contribution in [1.29, 1.82) is 0 Å². The number of likely N-dealkylation sites (tertiary alicyclic amines) is 1. The van der Waals surface area contributed by atoms with E-state index in [0.29, 0.717) is 19.8 Å². The predicted octanol–water partition coefficient (Wildman–Crippen LogP) is 4.80. The molecule has 3 aliphatic heterocycles. The van der Waals surface area contributed by atoms with E-state index >= 15 is 0 Å². The molecule has 3 fully saturated rings. The lowest BCUT2D eigenvalue weighted by molar-refractivity contribution is -0.255. The van der Waals surface area contributed by atoms with Crippen molar-refractivity contribution in [1.82, 2.24) is 10.2 Å². The fourth-order valence-electron chi connectivity index (χ4n) is 6.51. The van der Waals surface area contributed by atoms with Gasteiger partial charge in [-0.15, -0.1) is 0 Å². The molecule has 3 aliphatic rings. The number of hydrogen-bond donors (Lipinski definition) is 2. The van der Waals surface area contributed by atoms with Crippen LogP contribution in [0.4, 0.5) is 0 Å². The van der Waals surface area contributed by atoms with Crippen molar-refractivity contribution < 1.29 is 38.4 Å². The van der Waals surface area contributed by atoms with Crippen LogP contribution in [0.25, 0.3) is 11.1 Å². The van der Waals surface area contributed by atoms with Crippen molar-refractivity contribution in [3.05, 3.63) is 95.1 Å². The van der Waals surface area contributed by atoms with Crippen LogP contribution in [-0.2, 0) is 46.4 Å². The van der Waals surface area contributed by atoms with Gasteiger partial charge in [0.2, 0.25) is 0 Å². The minimum absolute atomic E-state index is 0.00320. The third-order valence-electron chi connectivity index (χ3n) is 9.13. The van der Waals surface area contributed by atoms with Gasteiger partial charge >= 0.3 is 5.97 Å². The van der Waals surface area contributed by atoms with Crippen LogP contribution in [0.15, 0.2) is 72.8 Å². The highest BCUT2D eigenvalue weighted by molar-refractivity contribution is 5.82. The van der Waals surface area contributed by atoms with Gasteiger partial charge in [-0.1, -0.05) is 66.7 Å². The standard InChI is InChI=1S/C37H44N2O8/c1-25(45-26(2)41)35(42)38-22-28-4-3-5-32(20-28)29-10-12-31(13-11-29)36-46-33(21-34(47-36)30-8-6-27(24-40)7-9-30)23-39-16-14-37(15-17-39)43-18-19-44-37/h3-13,20,25,33-34,36,40H,14-19,21-24H2,1-2H3,(H,38,42). The number of amides is 1. The molecular weight excluding hydrogens is 600 g/mol. The van der Waals surface area contributed by atoms with Crippen molar-refractivity contribution in [2.75, 3.05) is 32.8 Å². The third kappa shape index (κ3) is 8.45. The first-order valence-corrected chi connectivity index (χ1v) is 16.4. The number of ether oxygens (including phenoxy) is 5. The highest BCUT2D eigenvalue weighted by atomic mass is 16.7. The first kappa shape index (κ1) is 33.3. The highest BCUT2D eigenvalue weighted by Gasteiger charge is 2.41. The van der Waals surface area contributed by atoms with E-state index in [1.54, 1.807) is 6.92 Å². The number of aliphatic hydroxyl groups is 1. The number of rotatable bonds is 10. The molecule has 3 saturated heterocycles. The Morgan fingerprint density at radius 3 is 2.32 bits per heavy atom. The molecule has 1 amide bonds. The maximum atomic E-state index is 12.3. The van der Waals surface area contributed by atoms with Crippen molar-refractivity contribution in [2.45, 2.75) is 76.7 Å². The third-order valence-corrected chi connectivity index (χ3v) is 9.13. The summed E-state index contributed by atoms with van der Waals surface area (Å²) in [6, 6.07) is 24.1. The van der Waals surface area contributed by atoms with E-state index in [1.807, 2.05) is 60.7 Å². The number of esters is 1. The van der Waals surface area contributed by atoms with E-state index in [0.717, 1.165) is 72.3 Å². The molecule has 4 atom stereocenters. The molecular formula is C37H44N2O8. The van der Waals surface area contributed by atoms with E-state index in [9.17, 15) is 14.7 Å². The van der Waals surface area contributed by atoms with Gasteiger partial charge in [0.15, 0.2) is 18.2 Å². The zero-order valence-corrected chi connectivity index (χ0v) is 27.1. The van der Waals surface area contributed by atoms with Crippen LogP contribution >= 0.6 is 0 Å². The SMILES string of the molecule is CC(=O)OC(C)C(=O)NCc1cccc(-c2ccc(C3OC(CN4CCC5(CC4)OCCO5)CC(c4ccc(CO)cc4)O3)cc2)c1. The summed E-state index contributed by atoms with van der Waals surface area (Å²) in [6.45, 7) is 7.07. The molecule has 10 heteroatoms. The maximum Gasteiger partial charge on any atom is 0.303 e. The highest BCUT2D eigenvalue weighted by Crippen LogP contribution is 2.39. The molecule has 6 rings (SSSR count). The second kappa shape index (κ2) is 15.1. The predicted molar refractivity (Wildman–Crippen MR) is 174 cm³/mol. The van der Waals surface area contributed by atoms with Gasteiger partial charge in [-0.05, 0) is 40.8 Å². The fourth-order valence-corrected chi connectivity index (χ4v) is 6.51. The zero-order chi connectivity index (χ0) is 32.8. The summed E-state index contributed by atoms with van der Waals surface area (Å²) in [5, 5.41) is 12.4. The fraction of sp³-hybridized carbons (Fsp3) is 0.459. The number of aliphatic hydroxyl groups excluding tert-OH is 1. The Bertz CT molecular complexity index is 1500. The molecule has 0 radical (unpaired) electrons. The Morgan fingerprint density at radius 2 is 1.64 bits per heavy atom. The largest absolute Gasteiger partial charge is 0.453 e. The Hall–Kier alpha value is -3.64. The number of carbonyl (C=O) groups is 2. The maximum absolute atomic E-state index is 12.3.